The second-order valence-electron chi connectivity index (χ2n) is 10.6. The minimum absolute atomic E-state index is 0.0344. The molecule has 1 saturated heterocycles. The molecule has 2 heterocycles. The summed E-state index contributed by atoms with van der Waals surface area (Å²) < 4.78 is 15.3. The smallest absolute Gasteiger partial charge is 0.206 e. The van der Waals surface area contributed by atoms with E-state index in [0.29, 0.717) is 6.61 Å². The maximum absolute atomic E-state index is 6.60. The van der Waals surface area contributed by atoms with Crippen LogP contribution in [0.25, 0.3) is 32.7 Å². The Kier molecular flexibility index (Phi) is 5.24. The van der Waals surface area contributed by atoms with Crippen LogP contribution in [0.15, 0.2) is 103 Å². The Morgan fingerprint density at radius 1 is 0.703 bits per heavy atom. The second-order valence-corrected chi connectivity index (χ2v) is 10.6. The van der Waals surface area contributed by atoms with Crippen molar-refractivity contribution in [3.63, 3.8) is 0 Å². The van der Waals surface area contributed by atoms with Gasteiger partial charge in [-0.25, -0.2) is 4.58 Å². The van der Waals surface area contributed by atoms with E-state index in [9.17, 15) is 0 Å². The number of ether oxygens (including phenoxy) is 2. The van der Waals surface area contributed by atoms with Gasteiger partial charge in [0.15, 0.2) is 18.5 Å². The van der Waals surface area contributed by atoms with E-state index >= 15 is 0 Å². The molecule has 2 atom stereocenters. The van der Waals surface area contributed by atoms with Crippen LogP contribution in [0.1, 0.15) is 36.6 Å². The van der Waals surface area contributed by atoms with Gasteiger partial charge in [-0.2, -0.15) is 0 Å². The molecule has 2 aliphatic heterocycles. The molecule has 182 valence electrons. The standard InChI is InChI=1S/C34H30NO2/c1-34(2)36-22-30(33(37-34)25-12-4-3-5-13-25)35-20-26-18-16-23-10-6-8-14-28(23)31(26)32-27(21-35)19-17-24-11-7-9-15-29(24)32/h3-20,30,33H,21-22H2,1-2H3/q+1/t30-,33-/m0/s1. The van der Waals surface area contributed by atoms with Crippen molar-refractivity contribution in [2.75, 3.05) is 6.61 Å². The van der Waals surface area contributed by atoms with Gasteiger partial charge < -0.3 is 9.47 Å². The zero-order valence-electron chi connectivity index (χ0n) is 21.2. The molecule has 0 saturated carbocycles. The second kappa shape index (κ2) is 8.65. The number of rotatable bonds is 2. The van der Waals surface area contributed by atoms with Crippen molar-refractivity contribution in [2.24, 2.45) is 0 Å². The molecule has 0 aliphatic carbocycles. The number of benzene rings is 5. The quantitative estimate of drug-likeness (QED) is 0.242. The summed E-state index contributed by atoms with van der Waals surface area (Å²) in [7, 11) is 0. The van der Waals surface area contributed by atoms with Gasteiger partial charge in [0.05, 0.1) is 0 Å². The highest BCUT2D eigenvalue weighted by Gasteiger charge is 2.44. The molecule has 0 N–H and O–H groups in total. The topological polar surface area (TPSA) is 21.5 Å². The summed E-state index contributed by atoms with van der Waals surface area (Å²) in [6.45, 7) is 5.39. The first-order valence-corrected chi connectivity index (χ1v) is 13.1. The Morgan fingerprint density at radius 2 is 1.35 bits per heavy atom. The molecule has 1 fully saturated rings. The zero-order valence-corrected chi connectivity index (χ0v) is 21.2. The highest BCUT2D eigenvalue weighted by atomic mass is 16.7. The normalized spacial score (nSPS) is 20.6. The van der Waals surface area contributed by atoms with Gasteiger partial charge in [-0.05, 0) is 47.0 Å². The fraction of sp³-hybridized carbons (Fsp3) is 0.206. The summed E-state index contributed by atoms with van der Waals surface area (Å²) in [5, 5.41) is 5.11. The third-order valence-electron chi connectivity index (χ3n) is 7.80. The van der Waals surface area contributed by atoms with Crippen LogP contribution < -0.4 is 0 Å². The Labute approximate surface area is 217 Å². The van der Waals surface area contributed by atoms with Gasteiger partial charge in [0.2, 0.25) is 6.04 Å². The predicted molar refractivity (Wildman–Crippen MR) is 150 cm³/mol. The van der Waals surface area contributed by atoms with E-state index in [4.69, 9.17) is 9.47 Å². The van der Waals surface area contributed by atoms with Gasteiger partial charge in [-0.1, -0.05) is 97.1 Å². The summed E-state index contributed by atoms with van der Waals surface area (Å²) in [5.41, 5.74) is 6.37. The highest BCUT2D eigenvalue weighted by Crippen LogP contribution is 2.42. The fourth-order valence-electron chi connectivity index (χ4n) is 6.05. The Bertz CT molecular complexity index is 1670. The number of hydrogen-bond donors (Lipinski definition) is 0. The molecule has 0 aromatic heterocycles. The van der Waals surface area contributed by atoms with Gasteiger partial charge in [0.25, 0.3) is 0 Å². The van der Waals surface area contributed by atoms with Gasteiger partial charge >= 0.3 is 0 Å². The van der Waals surface area contributed by atoms with Crippen molar-refractivity contribution in [1.82, 2.24) is 0 Å². The molecule has 5 aromatic carbocycles. The van der Waals surface area contributed by atoms with Gasteiger partial charge in [0, 0.05) is 22.3 Å². The largest absolute Gasteiger partial charge is 0.343 e. The lowest BCUT2D eigenvalue weighted by Crippen LogP contribution is -2.49. The van der Waals surface area contributed by atoms with Crippen molar-refractivity contribution in [1.29, 1.82) is 0 Å². The average molecular weight is 485 g/mol. The van der Waals surface area contributed by atoms with E-state index in [2.05, 4.69) is 114 Å². The number of fused-ring (bicyclic) bond motifs is 7. The first-order chi connectivity index (χ1) is 18.1. The van der Waals surface area contributed by atoms with E-state index in [0.717, 1.165) is 6.54 Å². The van der Waals surface area contributed by atoms with E-state index in [1.165, 1.54) is 49.4 Å². The maximum Gasteiger partial charge on any atom is 0.206 e. The van der Waals surface area contributed by atoms with Crippen LogP contribution in [0.4, 0.5) is 0 Å². The number of hydrogen-bond acceptors (Lipinski definition) is 2. The zero-order chi connectivity index (χ0) is 25.0. The molecule has 0 unspecified atom stereocenters. The molecule has 0 spiro atoms. The third-order valence-corrected chi connectivity index (χ3v) is 7.80. The molecule has 0 amide bonds. The van der Waals surface area contributed by atoms with E-state index in [-0.39, 0.29) is 12.1 Å². The summed E-state index contributed by atoms with van der Waals surface area (Å²) in [6.07, 6.45) is 2.23. The van der Waals surface area contributed by atoms with E-state index in [1.807, 2.05) is 13.8 Å². The van der Waals surface area contributed by atoms with Crippen LogP contribution in [-0.4, -0.2) is 29.2 Å². The number of nitrogens with zero attached hydrogens (tertiary/aromatic N) is 1. The van der Waals surface area contributed by atoms with E-state index < -0.39 is 5.79 Å². The Balaban J connectivity index is 1.47. The first-order valence-electron chi connectivity index (χ1n) is 13.1. The van der Waals surface area contributed by atoms with Crippen LogP contribution in [0, 0.1) is 0 Å². The molecule has 0 radical (unpaired) electrons. The van der Waals surface area contributed by atoms with Crippen molar-refractivity contribution in [2.45, 2.75) is 38.3 Å². The lowest BCUT2D eigenvalue weighted by atomic mass is 9.88. The van der Waals surface area contributed by atoms with Crippen molar-refractivity contribution in [3.8, 4) is 11.1 Å². The van der Waals surface area contributed by atoms with Crippen molar-refractivity contribution in [3.05, 3.63) is 120 Å². The summed E-state index contributed by atoms with van der Waals surface area (Å²) >= 11 is 0. The van der Waals surface area contributed by atoms with Crippen LogP contribution in [0.2, 0.25) is 0 Å². The molecule has 7 rings (SSSR count). The van der Waals surface area contributed by atoms with Gasteiger partial charge in [-0.3, -0.25) is 0 Å². The molecule has 3 nitrogen and oxygen atoms in total. The molecule has 0 bridgehead atoms. The Morgan fingerprint density at radius 3 is 2.11 bits per heavy atom. The summed E-state index contributed by atoms with van der Waals surface area (Å²) in [5.74, 6) is -0.634. The van der Waals surface area contributed by atoms with Gasteiger partial charge in [-0.15, -0.1) is 0 Å². The molecular weight excluding hydrogens is 454 g/mol. The third kappa shape index (κ3) is 3.87. The van der Waals surface area contributed by atoms with E-state index in [1.54, 1.807) is 0 Å². The molecule has 37 heavy (non-hydrogen) atoms. The minimum Gasteiger partial charge on any atom is -0.343 e. The van der Waals surface area contributed by atoms with Crippen LogP contribution in [0.3, 0.4) is 0 Å². The SMILES string of the molecule is CC1(C)OC[C@H]([N+]2=Cc3ccc4ccccc4c3-c3c(ccc4ccccc34)C2)[C@H](c2ccccc2)O1. The fourth-order valence-corrected chi connectivity index (χ4v) is 6.05. The lowest BCUT2D eigenvalue weighted by Gasteiger charge is -2.39. The van der Waals surface area contributed by atoms with Crippen LogP contribution in [0.5, 0.6) is 0 Å². The Hall–Kier alpha value is -3.79. The monoisotopic (exact) mass is 484 g/mol. The van der Waals surface area contributed by atoms with Crippen molar-refractivity contribution < 1.29 is 14.0 Å². The molecule has 3 heteroatoms. The lowest BCUT2D eigenvalue weighted by molar-refractivity contribution is -0.607. The predicted octanol–water partition coefficient (Wildman–Crippen LogP) is 7.50. The molecule has 5 aromatic rings. The molecular formula is C34H30NO2+. The van der Waals surface area contributed by atoms with Crippen LogP contribution >= 0.6 is 0 Å². The molecule has 2 aliphatic rings. The maximum atomic E-state index is 6.60. The average Bonchev–Trinajstić information content (AvgIpc) is 3.10. The first kappa shape index (κ1) is 22.4. The highest BCUT2D eigenvalue weighted by molar-refractivity contribution is 6.11. The summed E-state index contributed by atoms with van der Waals surface area (Å²) in [4.78, 5) is 0. The van der Waals surface area contributed by atoms with Crippen LogP contribution in [-0.2, 0) is 16.0 Å². The summed E-state index contributed by atoms with van der Waals surface area (Å²) in [6, 6.07) is 37.2. The van der Waals surface area contributed by atoms with Crippen molar-refractivity contribution >= 4 is 27.8 Å². The van der Waals surface area contributed by atoms with Gasteiger partial charge in [0.1, 0.15) is 12.7 Å². The minimum atomic E-state index is -0.634.